The summed E-state index contributed by atoms with van der Waals surface area (Å²) in [5.74, 6) is -0.167. The monoisotopic (exact) mass is 490 g/mol. The molecule has 7 nitrogen and oxygen atoms in total. The molecule has 3 aromatic rings. The van der Waals surface area contributed by atoms with E-state index in [-0.39, 0.29) is 16.6 Å². The maximum absolute atomic E-state index is 13.8. The molecule has 4 heterocycles. The summed E-state index contributed by atoms with van der Waals surface area (Å²) in [6, 6.07) is 13.8. The number of ether oxygens (including phenoxy) is 1. The van der Waals surface area contributed by atoms with Gasteiger partial charge in [-0.25, -0.2) is 0 Å². The van der Waals surface area contributed by atoms with Gasteiger partial charge in [-0.3, -0.25) is 19.5 Å². The first-order valence-corrected chi connectivity index (χ1v) is 12.9. The van der Waals surface area contributed by atoms with Crippen LogP contribution in [0.4, 0.5) is 0 Å². The Hall–Kier alpha value is -2.94. The number of hydrogen-bond donors (Lipinski definition) is 0. The number of amides is 1. The van der Waals surface area contributed by atoms with Crippen LogP contribution in [0.2, 0.25) is 0 Å². The van der Waals surface area contributed by atoms with Gasteiger partial charge in [-0.15, -0.1) is 11.8 Å². The van der Waals surface area contributed by atoms with E-state index in [1.807, 2.05) is 36.2 Å². The molecule has 8 heteroatoms. The number of carbonyl (C=O) groups excluding carboxylic acids is 1. The molecule has 0 spiro atoms. The molecule has 1 atom stereocenters. The van der Waals surface area contributed by atoms with Crippen molar-refractivity contribution in [2.75, 3.05) is 46.4 Å². The number of aryl methyl sites for hydroxylation is 1. The van der Waals surface area contributed by atoms with Crippen molar-refractivity contribution in [2.24, 2.45) is 0 Å². The molecule has 0 radical (unpaired) electrons. The number of hydrogen-bond acceptors (Lipinski definition) is 6. The highest BCUT2D eigenvalue weighted by atomic mass is 32.2. The summed E-state index contributed by atoms with van der Waals surface area (Å²) >= 11 is 1.76. The van der Waals surface area contributed by atoms with Gasteiger partial charge in [0.1, 0.15) is 5.56 Å². The van der Waals surface area contributed by atoms with Crippen molar-refractivity contribution in [1.82, 2.24) is 19.4 Å². The van der Waals surface area contributed by atoms with E-state index in [0.717, 1.165) is 47.2 Å². The Labute approximate surface area is 209 Å². The van der Waals surface area contributed by atoms with Gasteiger partial charge in [-0.1, -0.05) is 18.2 Å². The first kappa shape index (κ1) is 23.8. The fourth-order valence-electron chi connectivity index (χ4n) is 4.97. The van der Waals surface area contributed by atoms with Gasteiger partial charge in [-0.2, -0.15) is 0 Å². The van der Waals surface area contributed by atoms with Crippen molar-refractivity contribution in [3.63, 3.8) is 0 Å². The van der Waals surface area contributed by atoms with E-state index in [9.17, 15) is 9.59 Å². The molecule has 1 aromatic carbocycles. The van der Waals surface area contributed by atoms with Crippen molar-refractivity contribution in [3.05, 3.63) is 87.6 Å². The first-order chi connectivity index (χ1) is 17.1. The van der Waals surface area contributed by atoms with Crippen LogP contribution in [0.25, 0.3) is 5.69 Å². The van der Waals surface area contributed by atoms with Crippen LogP contribution in [0.15, 0.2) is 64.5 Å². The molecule has 1 amide bonds. The Morgan fingerprint density at radius 3 is 2.69 bits per heavy atom. The maximum atomic E-state index is 13.8. The molecule has 0 bridgehead atoms. The molecule has 35 heavy (non-hydrogen) atoms. The van der Waals surface area contributed by atoms with Crippen molar-refractivity contribution in [2.45, 2.75) is 23.5 Å². The SMILES string of the molecule is COCCN1CCN(C(=O)c2c3n(c(C)cc2=O)-c2ccccc2S[C@@H](c2cccnc2)C3)CC1. The van der Waals surface area contributed by atoms with Gasteiger partial charge < -0.3 is 14.2 Å². The van der Waals surface area contributed by atoms with E-state index in [1.54, 1.807) is 31.1 Å². The Kier molecular flexibility index (Phi) is 7.04. The quantitative estimate of drug-likeness (QED) is 0.547. The zero-order chi connectivity index (χ0) is 24.4. The van der Waals surface area contributed by atoms with Gasteiger partial charge >= 0.3 is 0 Å². The smallest absolute Gasteiger partial charge is 0.259 e. The summed E-state index contributed by atoms with van der Waals surface area (Å²) in [5, 5.41) is 0.0391. The van der Waals surface area contributed by atoms with Crippen LogP contribution in [0.5, 0.6) is 0 Å². The largest absolute Gasteiger partial charge is 0.383 e. The first-order valence-electron chi connectivity index (χ1n) is 12.0. The third-order valence-electron chi connectivity index (χ3n) is 6.79. The minimum Gasteiger partial charge on any atom is -0.383 e. The molecule has 0 N–H and O–H groups in total. The van der Waals surface area contributed by atoms with Gasteiger partial charge in [0.25, 0.3) is 5.91 Å². The minimum atomic E-state index is -0.199. The zero-order valence-electron chi connectivity index (χ0n) is 20.1. The van der Waals surface area contributed by atoms with E-state index in [4.69, 9.17) is 4.74 Å². The van der Waals surface area contributed by atoms with Crippen molar-refractivity contribution >= 4 is 17.7 Å². The summed E-state index contributed by atoms with van der Waals surface area (Å²) in [6.07, 6.45) is 4.21. The van der Waals surface area contributed by atoms with Crippen molar-refractivity contribution in [3.8, 4) is 5.69 Å². The second-order valence-electron chi connectivity index (χ2n) is 9.00. The lowest BCUT2D eigenvalue weighted by Gasteiger charge is -2.35. The number of benzene rings is 1. The number of nitrogens with zero attached hydrogens (tertiary/aromatic N) is 4. The fourth-order valence-corrected chi connectivity index (χ4v) is 6.23. The number of pyridine rings is 2. The third-order valence-corrected chi connectivity index (χ3v) is 8.12. The van der Waals surface area contributed by atoms with Gasteiger partial charge in [0.15, 0.2) is 5.43 Å². The number of piperazine rings is 1. The summed E-state index contributed by atoms with van der Waals surface area (Å²) in [4.78, 5) is 36.8. The number of rotatable bonds is 5. The Balaban J connectivity index is 1.57. The van der Waals surface area contributed by atoms with E-state index < -0.39 is 0 Å². The van der Waals surface area contributed by atoms with E-state index in [2.05, 4.69) is 32.7 Å². The number of fused-ring (bicyclic) bond motifs is 3. The maximum Gasteiger partial charge on any atom is 0.259 e. The molecular formula is C27H30N4O3S. The second kappa shape index (κ2) is 10.4. The lowest BCUT2D eigenvalue weighted by Crippen LogP contribution is -2.50. The molecule has 1 saturated heterocycles. The molecule has 0 unspecified atom stereocenters. The molecule has 1 fully saturated rings. The molecule has 5 rings (SSSR count). The summed E-state index contributed by atoms with van der Waals surface area (Å²) in [6.45, 7) is 6.23. The van der Waals surface area contributed by atoms with Crippen LogP contribution in [0.3, 0.4) is 0 Å². The Morgan fingerprint density at radius 2 is 1.94 bits per heavy atom. The number of methoxy groups -OCH3 is 1. The normalized spacial score (nSPS) is 18.0. The summed E-state index contributed by atoms with van der Waals surface area (Å²) in [7, 11) is 1.70. The van der Waals surface area contributed by atoms with E-state index >= 15 is 0 Å². The van der Waals surface area contributed by atoms with Gasteiger partial charge in [0.05, 0.1) is 12.3 Å². The highest BCUT2D eigenvalue weighted by molar-refractivity contribution is 7.99. The minimum absolute atomic E-state index is 0.0391. The van der Waals surface area contributed by atoms with Crippen molar-refractivity contribution < 1.29 is 9.53 Å². The van der Waals surface area contributed by atoms with Crippen LogP contribution in [-0.2, 0) is 11.2 Å². The number of aromatic nitrogens is 2. The molecule has 2 aliphatic rings. The van der Waals surface area contributed by atoms with Crippen molar-refractivity contribution in [1.29, 1.82) is 0 Å². The predicted molar refractivity (Wildman–Crippen MR) is 138 cm³/mol. The molecule has 2 aromatic heterocycles. The Bertz CT molecular complexity index is 1270. The molecule has 182 valence electrons. The van der Waals surface area contributed by atoms with Gasteiger partial charge in [-0.05, 0) is 30.7 Å². The van der Waals surface area contributed by atoms with Crippen LogP contribution < -0.4 is 5.43 Å². The average Bonchev–Trinajstić information content (AvgIpc) is 3.05. The van der Waals surface area contributed by atoms with Crippen LogP contribution in [0, 0.1) is 6.92 Å². The molecule has 0 saturated carbocycles. The lowest BCUT2D eigenvalue weighted by molar-refractivity contribution is 0.0591. The summed E-state index contributed by atoms with van der Waals surface area (Å²) < 4.78 is 7.30. The molecule has 2 aliphatic heterocycles. The standard InChI is InChI=1S/C27H30N4O3S/c1-19-16-23(32)26(27(33)30-12-10-29(11-13-30)14-15-34-2)22-17-25(20-6-5-9-28-18-20)35-24-8-4-3-7-21(24)31(19)22/h3-9,16,18,25H,10-15,17H2,1-2H3/t25-/m1/s1. The number of carbonyl (C=O) groups is 1. The van der Waals surface area contributed by atoms with Crippen LogP contribution in [-0.4, -0.2) is 71.7 Å². The van der Waals surface area contributed by atoms with Gasteiger partial charge in [0.2, 0.25) is 0 Å². The second-order valence-corrected chi connectivity index (χ2v) is 10.2. The Morgan fingerprint density at radius 1 is 1.14 bits per heavy atom. The third kappa shape index (κ3) is 4.78. The average molecular weight is 491 g/mol. The lowest BCUT2D eigenvalue weighted by atomic mass is 10.0. The van der Waals surface area contributed by atoms with E-state index in [1.165, 1.54) is 0 Å². The van der Waals surface area contributed by atoms with Crippen LogP contribution >= 0.6 is 11.8 Å². The highest BCUT2D eigenvalue weighted by Gasteiger charge is 2.32. The summed E-state index contributed by atoms with van der Waals surface area (Å²) in [5.41, 5.74) is 3.82. The number of thioether (sulfide) groups is 1. The topological polar surface area (TPSA) is 67.7 Å². The molecule has 0 aliphatic carbocycles. The zero-order valence-corrected chi connectivity index (χ0v) is 21.0. The fraction of sp³-hybridized carbons (Fsp3) is 0.370. The number of para-hydroxylation sites is 1. The highest BCUT2D eigenvalue weighted by Crippen LogP contribution is 2.44. The van der Waals surface area contributed by atoms with E-state index in [0.29, 0.717) is 31.7 Å². The predicted octanol–water partition coefficient (Wildman–Crippen LogP) is 3.33. The van der Waals surface area contributed by atoms with Crippen LogP contribution in [0.1, 0.15) is 32.6 Å². The van der Waals surface area contributed by atoms with Gasteiger partial charge in [0, 0.05) is 86.2 Å². The molecular weight excluding hydrogens is 460 g/mol.